The lowest BCUT2D eigenvalue weighted by atomic mass is 9.90. The van der Waals surface area contributed by atoms with Crippen LogP contribution in [-0.4, -0.2) is 39.0 Å². The van der Waals surface area contributed by atoms with Crippen LogP contribution in [0.3, 0.4) is 0 Å². The highest BCUT2D eigenvalue weighted by Gasteiger charge is 2.32. The van der Waals surface area contributed by atoms with Crippen LogP contribution in [0.15, 0.2) is 58.7 Å². The third-order valence-corrected chi connectivity index (χ3v) is 6.08. The SMILES string of the molecule is O=C(CC1S/C(=N\N=C2/CCCc3ccccc32)NC1=O)Nc1ccc(C(=O)O)cc1. The molecule has 2 aromatic rings. The number of thioether (sulfide) groups is 1. The van der Waals surface area contributed by atoms with Crippen LogP contribution in [-0.2, 0) is 16.0 Å². The van der Waals surface area contributed by atoms with Crippen molar-refractivity contribution in [2.45, 2.75) is 30.9 Å². The molecule has 3 N–H and O–H groups in total. The Labute approximate surface area is 182 Å². The van der Waals surface area contributed by atoms with Gasteiger partial charge in [-0.25, -0.2) is 4.79 Å². The lowest BCUT2D eigenvalue weighted by Gasteiger charge is -2.16. The summed E-state index contributed by atoms with van der Waals surface area (Å²) in [6, 6.07) is 13.9. The third kappa shape index (κ3) is 5.00. The molecule has 158 valence electrons. The Hall–Kier alpha value is -3.46. The van der Waals surface area contributed by atoms with Gasteiger partial charge in [0.15, 0.2) is 5.17 Å². The van der Waals surface area contributed by atoms with Gasteiger partial charge in [0.05, 0.1) is 11.3 Å². The van der Waals surface area contributed by atoms with Crippen molar-refractivity contribution in [2.75, 3.05) is 5.32 Å². The number of hydrogen-bond acceptors (Lipinski definition) is 6. The fourth-order valence-electron chi connectivity index (χ4n) is 3.47. The topological polar surface area (TPSA) is 120 Å². The second-order valence-corrected chi connectivity index (χ2v) is 8.38. The number of rotatable bonds is 5. The molecule has 31 heavy (non-hydrogen) atoms. The molecule has 0 aromatic heterocycles. The van der Waals surface area contributed by atoms with E-state index in [2.05, 4.69) is 26.9 Å². The first-order valence-electron chi connectivity index (χ1n) is 9.83. The highest BCUT2D eigenvalue weighted by Crippen LogP contribution is 2.25. The number of carbonyl (C=O) groups excluding carboxylic acids is 2. The van der Waals surface area contributed by atoms with Gasteiger partial charge < -0.3 is 15.7 Å². The van der Waals surface area contributed by atoms with Crippen LogP contribution in [0.1, 0.15) is 40.7 Å². The molecule has 0 spiro atoms. The van der Waals surface area contributed by atoms with E-state index in [1.807, 2.05) is 18.2 Å². The molecule has 4 rings (SSSR count). The van der Waals surface area contributed by atoms with Crippen molar-refractivity contribution in [1.29, 1.82) is 0 Å². The minimum absolute atomic E-state index is 0.0321. The Morgan fingerprint density at radius 1 is 1.10 bits per heavy atom. The number of carboxylic acid groups (broad SMARTS) is 1. The van der Waals surface area contributed by atoms with Gasteiger partial charge in [-0.3, -0.25) is 9.59 Å². The molecule has 8 nitrogen and oxygen atoms in total. The summed E-state index contributed by atoms with van der Waals surface area (Å²) in [4.78, 5) is 35.4. The molecular formula is C22H20N4O4S. The quantitative estimate of drug-likeness (QED) is 0.622. The van der Waals surface area contributed by atoms with E-state index >= 15 is 0 Å². The van der Waals surface area contributed by atoms with Gasteiger partial charge in [0.2, 0.25) is 11.8 Å². The fraction of sp³-hybridized carbons (Fsp3) is 0.227. The van der Waals surface area contributed by atoms with E-state index in [-0.39, 0.29) is 23.8 Å². The van der Waals surface area contributed by atoms with E-state index < -0.39 is 11.2 Å². The Morgan fingerprint density at radius 2 is 1.87 bits per heavy atom. The van der Waals surface area contributed by atoms with E-state index in [0.29, 0.717) is 10.9 Å². The van der Waals surface area contributed by atoms with E-state index in [9.17, 15) is 14.4 Å². The summed E-state index contributed by atoms with van der Waals surface area (Å²) in [5, 5.41) is 22.6. The van der Waals surface area contributed by atoms with Crippen molar-refractivity contribution >= 4 is 46.1 Å². The smallest absolute Gasteiger partial charge is 0.335 e. The maximum Gasteiger partial charge on any atom is 0.335 e. The maximum atomic E-state index is 12.3. The number of aromatic carboxylic acids is 1. The summed E-state index contributed by atoms with van der Waals surface area (Å²) >= 11 is 1.18. The van der Waals surface area contributed by atoms with Crippen LogP contribution in [0, 0.1) is 0 Å². The molecular weight excluding hydrogens is 416 g/mol. The van der Waals surface area contributed by atoms with Crippen molar-refractivity contribution < 1.29 is 19.5 Å². The highest BCUT2D eigenvalue weighted by atomic mass is 32.2. The minimum atomic E-state index is -1.04. The number of hydrogen-bond donors (Lipinski definition) is 3. The zero-order chi connectivity index (χ0) is 21.8. The van der Waals surface area contributed by atoms with Gasteiger partial charge in [0.1, 0.15) is 5.25 Å². The fourth-order valence-corrected chi connectivity index (χ4v) is 4.39. The van der Waals surface area contributed by atoms with Gasteiger partial charge in [0.25, 0.3) is 0 Å². The van der Waals surface area contributed by atoms with Crippen LogP contribution in [0.5, 0.6) is 0 Å². The molecule has 9 heteroatoms. The lowest BCUT2D eigenvalue weighted by Crippen LogP contribution is -2.28. The Bertz CT molecular complexity index is 1090. The molecule has 2 aliphatic rings. The second-order valence-electron chi connectivity index (χ2n) is 7.19. The summed E-state index contributed by atoms with van der Waals surface area (Å²) in [7, 11) is 0. The summed E-state index contributed by atoms with van der Waals surface area (Å²) in [5.41, 5.74) is 3.84. The molecule has 1 unspecified atom stereocenters. The average Bonchev–Trinajstić information content (AvgIpc) is 3.11. The first-order chi connectivity index (χ1) is 15.0. The van der Waals surface area contributed by atoms with Gasteiger partial charge >= 0.3 is 5.97 Å². The predicted molar refractivity (Wildman–Crippen MR) is 120 cm³/mol. The van der Waals surface area contributed by atoms with Crippen molar-refractivity contribution in [3.05, 3.63) is 65.2 Å². The Kier molecular flexibility index (Phi) is 6.13. The lowest BCUT2D eigenvalue weighted by molar-refractivity contribution is -0.122. The third-order valence-electron chi connectivity index (χ3n) is 5.01. The zero-order valence-electron chi connectivity index (χ0n) is 16.5. The van der Waals surface area contributed by atoms with Crippen LogP contribution in [0.25, 0.3) is 0 Å². The first-order valence-corrected chi connectivity index (χ1v) is 10.7. The Balaban J connectivity index is 1.37. The molecule has 0 bridgehead atoms. The van der Waals surface area contributed by atoms with Gasteiger partial charge in [-0.15, -0.1) is 5.10 Å². The molecule has 1 aliphatic heterocycles. The Morgan fingerprint density at radius 3 is 2.65 bits per heavy atom. The summed E-state index contributed by atoms with van der Waals surface area (Å²) < 4.78 is 0. The number of anilines is 1. The summed E-state index contributed by atoms with van der Waals surface area (Å²) in [6.07, 6.45) is 2.83. The molecule has 2 aromatic carbocycles. The standard InChI is InChI=1S/C22H20N4O4S/c27-19(23-15-10-8-14(9-11-15)21(29)30)12-18-20(28)24-22(31-18)26-25-17-7-3-5-13-4-1-2-6-16(13)17/h1-2,4,6,8-11,18H,3,5,7,12H2,(H,23,27)(H,29,30)(H,24,26,28)/b25-17+. The molecule has 1 fully saturated rings. The number of fused-ring (bicyclic) bond motifs is 1. The van der Waals surface area contributed by atoms with E-state index in [4.69, 9.17) is 5.11 Å². The van der Waals surface area contributed by atoms with Crippen LogP contribution in [0.2, 0.25) is 0 Å². The van der Waals surface area contributed by atoms with Crippen molar-refractivity contribution in [2.24, 2.45) is 10.2 Å². The number of benzene rings is 2. The number of amidine groups is 1. The van der Waals surface area contributed by atoms with Gasteiger partial charge in [-0.2, -0.15) is 5.10 Å². The van der Waals surface area contributed by atoms with Gasteiger partial charge in [0, 0.05) is 17.7 Å². The monoisotopic (exact) mass is 436 g/mol. The highest BCUT2D eigenvalue weighted by molar-refractivity contribution is 8.15. The number of aryl methyl sites for hydroxylation is 1. The maximum absolute atomic E-state index is 12.3. The average molecular weight is 436 g/mol. The zero-order valence-corrected chi connectivity index (χ0v) is 17.3. The molecule has 1 saturated heterocycles. The second kappa shape index (κ2) is 9.13. The first kappa shape index (κ1) is 20.8. The molecule has 1 heterocycles. The molecule has 0 radical (unpaired) electrons. The molecule has 0 saturated carbocycles. The summed E-state index contributed by atoms with van der Waals surface area (Å²) in [6.45, 7) is 0. The molecule has 1 aliphatic carbocycles. The molecule has 2 amide bonds. The van der Waals surface area contributed by atoms with E-state index in [1.165, 1.54) is 41.6 Å². The predicted octanol–water partition coefficient (Wildman–Crippen LogP) is 3.04. The number of amides is 2. The minimum Gasteiger partial charge on any atom is -0.478 e. The van der Waals surface area contributed by atoms with E-state index in [1.54, 1.807) is 0 Å². The summed E-state index contributed by atoms with van der Waals surface area (Å²) in [5.74, 6) is -1.67. The largest absolute Gasteiger partial charge is 0.478 e. The van der Waals surface area contributed by atoms with Crippen molar-refractivity contribution in [3.8, 4) is 0 Å². The number of nitrogens with one attached hydrogen (secondary N) is 2. The van der Waals surface area contributed by atoms with Crippen LogP contribution in [0.4, 0.5) is 5.69 Å². The van der Waals surface area contributed by atoms with Crippen LogP contribution >= 0.6 is 11.8 Å². The normalized spacial score (nSPS) is 20.4. The number of carbonyl (C=O) groups is 3. The van der Waals surface area contributed by atoms with Crippen molar-refractivity contribution in [3.63, 3.8) is 0 Å². The van der Waals surface area contributed by atoms with Crippen LogP contribution < -0.4 is 10.6 Å². The number of carboxylic acids is 1. The number of nitrogens with zero attached hydrogens (tertiary/aromatic N) is 2. The van der Waals surface area contributed by atoms with Gasteiger partial charge in [-0.05, 0) is 49.1 Å². The molecule has 1 atom stereocenters. The van der Waals surface area contributed by atoms with E-state index in [0.717, 1.165) is 30.5 Å². The van der Waals surface area contributed by atoms with Crippen molar-refractivity contribution in [1.82, 2.24) is 5.32 Å². The van der Waals surface area contributed by atoms with Gasteiger partial charge in [-0.1, -0.05) is 36.0 Å².